The molecule has 56 heavy (non-hydrogen) atoms. The first-order chi connectivity index (χ1) is 27.4. The summed E-state index contributed by atoms with van der Waals surface area (Å²) in [7, 11) is 1.57. The minimum Gasteiger partial charge on any atom is -0.497 e. The van der Waals surface area contributed by atoms with Crippen molar-refractivity contribution in [2.75, 3.05) is 18.6 Å². The van der Waals surface area contributed by atoms with Gasteiger partial charge in [-0.05, 0) is 87.3 Å². The van der Waals surface area contributed by atoms with Gasteiger partial charge in [-0.3, -0.25) is 24.1 Å². The molecule has 0 aromatic heterocycles. The van der Waals surface area contributed by atoms with Gasteiger partial charge in [0.25, 0.3) is 23.6 Å². The molecule has 0 radical (unpaired) electrons. The van der Waals surface area contributed by atoms with E-state index in [0.29, 0.717) is 51.0 Å². The van der Waals surface area contributed by atoms with Gasteiger partial charge >= 0.3 is 0 Å². The summed E-state index contributed by atoms with van der Waals surface area (Å²) in [4.78, 5) is 58.6. The Morgan fingerprint density at radius 1 is 0.411 bits per heavy atom. The highest BCUT2D eigenvalue weighted by atomic mass is 16.5. The van der Waals surface area contributed by atoms with Crippen LogP contribution in [0.5, 0.6) is 5.75 Å². The number of ether oxygens (including phenoxy) is 1. The van der Waals surface area contributed by atoms with Crippen LogP contribution in [0.25, 0.3) is 43.1 Å². The second kappa shape index (κ2) is 16.4. The van der Waals surface area contributed by atoms with Crippen LogP contribution in [0.15, 0.2) is 72.8 Å². The van der Waals surface area contributed by atoms with Crippen LogP contribution < -0.4 is 9.64 Å². The van der Waals surface area contributed by atoms with Gasteiger partial charge in [0.15, 0.2) is 0 Å². The highest BCUT2D eigenvalue weighted by Crippen LogP contribution is 2.46. The maximum Gasteiger partial charge on any atom is 0.265 e. The van der Waals surface area contributed by atoms with Crippen molar-refractivity contribution in [3.63, 3.8) is 0 Å². The molecule has 0 N–H and O–H groups in total. The maximum atomic E-state index is 14.0. The van der Waals surface area contributed by atoms with E-state index < -0.39 is 0 Å². The van der Waals surface area contributed by atoms with Crippen molar-refractivity contribution in [3.8, 4) is 5.75 Å². The smallest absolute Gasteiger partial charge is 0.265 e. The number of carbonyl (C=O) groups excluding carboxylic acids is 4. The van der Waals surface area contributed by atoms with Crippen molar-refractivity contribution in [3.05, 3.63) is 95.1 Å². The van der Waals surface area contributed by atoms with E-state index in [4.69, 9.17) is 4.74 Å². The second-order valence-corrected chi connectivity index (χ2v) is 15.9. The summed E-state index contributed by atoms with van der Waals surface area (Å²) in [6.07, 6.45) is 20.4. The van der Waals surface area contributed by atoms with Gasteiger partial charge < -0.3 is 4.74 Å². The van der Waals surface area contributed by atoms with Gasteiger partial charge in [0, 0.05) is 39.6 Å². The Morgan fingerprint density at radius 2 is 0.768 bits per heavy atom. The molecule has 7 heteroatoms. The Hall–Kier alpha value is -5.30. The second-order valence-electron chi connectivity index (χ2n) is 15.9. The summed E-state index contributed by atoms with van der Waals surface area (Å²) in [5, 5.41) is 6.57. The van der Waals surface area contributed by atoms with E-state index in [1.54, 1.807) is 43.5 Å². The first-order valence-corrected chi connectivity index (χ1v) is 21.0. The van der Waals surface area contributed by atoms with Crippen molar-refractivity contribution in [1.82, 2.24) is 4.90 Å². The zero-order valence-electron chi connectivity index (χ0n) is 32.9. The number of unbranched alkanes of at least 4 members (excludes halogenated alkanes) is 15. The molecule has 0 spiro atoms. The van der Waals surface area contributed by atoms with Gasteiger partial charge in [0.05, 0.1) is 12.8 Å². The van der Waals surface area contributed by atoms with Crippen LogP contribution >= 0.6 is 0 Å². The number of imide groups is 2. The lowest BCUT2D eigenvalue weighted by molar-refractivity contribution is 0.0607. The molecule has 0 saturated carbocycles. The Morgan fingerprint density at radius 3 is 1.14 bits per heavy atom. The number of benzene rings is 6. The Labute approximate surface area is 329 Å². The predicted octanol–water partition coefficient (Wildman–Crippen LogP) is 12.4. The fourth-order valence-electron chi connectivity index (χ4n) is 9.30. The molecule has 0 saturated heterocycles. The van der Waals surface area contributed by atoms with Gasteiger partial charge in [-0.15, -0.1) is 0 Å². The molecule has 0 atom stereocenters. The number of nitrogens with zero attached hydrogens (tertiary/aromatic N) is 2. The predicted molar refractivity (Wildman–Crippen MR) is 227 cm³/mol. The molecule has 0 unspecified atom stereocenters. The average Bonchev–Trinajstić information content (AvgIpc) is 3.22. The van der Waals surface area contributed by atoms with Crippen molar-refractivity contribution in [1.29, 1.82) is 0 Å². The molecule has 0 aliphatic carbocycles. The lowest BCUT2D eigenvalue weighted by Gasteiger charge is -2.30. The maximum absolute atomic E-state index is 14.0. The molecule has 2 heterocycles. The van der Waals surface area contributed by atoms with Crippen molar-refractivity contribution >= 4 is 72.4 Å². The van der Waals surface area contributed by atoms with E-state index in [1.807, 2.05) is 36.4 Å². The highest BCUT2D eigenvalue weighted by molar-refractivity contribution is 6.43. The largest absolute Gasteiger partial charge is 0.497 e. The van der Waals surface area contributed by atoms with Crippen LogP contribution in [0.2, 0.25) is 0 Å². The SMILES string of the molecule is CCCCCCCCCCCCCCCCCCN1C(=O)c2ccc3c4ccc5c6c(ccc(c7ccc(c2c37)C1=O)c64)C(=O)N(c1ccc(OC)cc1)C5=O. The number of hydrogen-bond donors (Lipinski definition) is 0. The van der Waals surface area contributed by atoms with Crippen molar-refractivity contribution in [2.45, 2.75) is 110 Å². The van der Waals surface area contributed by atoms with Crippen LogP contribution in [0.1, 0.15) is 151 Å². The summed E-state index contributed by atoms with van der Waals surface area (Å²) in [6.45, 7) is 2.69. The minimum absolute atomic E-state index is 0.238. The lowest BCUT2D eigenvalue weighted by atomic mass is 9.82. The molecular formula is C49H52N2O5. The van der Waals surface area contributed by atoms with Gasteiger partial charge in [0.1, 0.15) is 5.75 Å². The quantitative estimate of drug-likeness (QED) is 0.0356. The number of carbonyl (C=O) groups is 4. The molecule has 7 nitrogen and oxygen atoms in total. The fraction of sp³-hybridized carbons (Fsp3) is 0.388. The normalized spacial score (nSPS) is 14.1. The summed E-state index contributed by atoms with van der Waals surface area (Å²) >= 11 is 0. The topological polar surface area (TPSA) is 84.0 Å². The zero-order chi connectivity index (χ0) is 38.8. The highest BCUT2D eigenvalue weighted by Gasteiger charge is 2.37. The van der Waals surface area contributed by atoms with E-state index in [-0.39, 0.29) is 23.6 Å². The number of hydrogen-bond acceptors (Lipinski definition) is 5. The Balaban J connectivity index is 0.951. The third-order valence-corrected chi connectivity index (χ3v) is 12.3. The van der Waals surface area contributed by atoms with E-state index in [2.05, 4.69) is 6.92 Å². The van der Waals surface area contributed by atoms with Crippen LogP contribution in [0.3, 0.4) is 0 Å². The van der Waals surface area contributed by atoms with E-state index in [0.717, 1.165) is 51.6 Å². The summed E-state index contributed by atoms with van der Waals surface area (Å²) in [6, 6.07) is 22.0. The summed E-state index contributed by atoms with van der Waals surface area (Å²) in [5.74, 6) is -0.605. The molecule has 0 fully saturated rings. The summed E-state index contributed by atoms with van der Waals surface area (Å²) in [5.41, 5.74) is 2.49. The monoisotopic (exact) mass is 748 g/mol. The van der Waals surface area contributed by atoms with Crippen LogP contribution in [0, 0.1) is 0 Å². The number of methoxy groups -OCH3 is 1. The molecule has 288 valence electrons. The average molecular weight is 749 g/mol. The van der Waals surface area contributed by atoms with Gasteiger partial charge in [-0.2, -0.15) is 0 Å². The number of rotatable bonds is 19. The van der Waals surface area contributed by atoms with Gasteiger partial charge in [-0.1, -0.05) is 128 Å². The lowest BCUT2D eigenvalue weighted by Crippen LogP contribution is -2.41. The zero-order valence-corrected chi connectivity index (χ0v) is 32.9. The third kappa shape index (κ3) is 6.69. The minimum atomic E-state index is -0.381. The van der Waals surface area contributed by atoms with E-state index in [9.17, 15) is 19.2 Å². The third-order valence-electron chi connectivity index (χ3n) is 12.3. The van der Waals surface area contributed by atoms with E-state index >= 15 is 0 Å². The van der Waals surface area contributed by atoms with Crippen molar-refractivity contribution < 1.29 is 23.9 Å². The standard InChI is InChI=1S/C49H52N2O5/c1-3-4-5-6-7-8-9-10-11-12-13-14-15-16-17-18-31-50-46(52)38-27-23-34-36-25-29-40-45-41(49(55)51(48(40)54)32-19-21-33(56-2)22-20-32)30-26-37(43(36)45)35-24-28-39(47(50)53)44(38)42(34)35/h19-30H,3-18,31H2,1-2H3. The number of fused-ring (bicyclic) bond motifs is 2. The van der Waals surface area contributed by atoms with Gasteiger partial charge in [0.2, 0.25) is 0 Å². The Kier molecular flexibility index (Phi) is 11.0. The molecular weight excluding hydrogens is 697 g/mol. The van der Waals surface area contributed by atoms with Crippen LogP contribution in [-0.2, 0) is 0 Å². The number of anilines is 1. The fourth-order valence-corrected chi connectivity index (χ4v) is 9.30. The van der Waals surface area contributed by atoms with Crippen LogP contribution in [-0.4, -0.2) is 42.2 Å². The molecule has 2 aliphatic heterocycles. The molecule has 2 aliphatic rings. The van der Waals surface area contributed by atoms with Crippen LogP contribution in [0.4, 0.5) is 5.69 Å². The van der Waals surface area contributed by atoms with E-state index in [1.165, 1.54) is 93.3 Å². The first kappa shape index (κ1) is 37.6. The summed E-state index contributed by atoms with van der Waals surface area (Å²) < 4.78 is 5.28. The Bertz CT molecular complexity index is 2330. The molecule has 4 amide bonds. The van der Waals surface area contributed by atoms with Gasteiger partial charge in [-0.25, -0.2) is 4.90 Å². The molecule has 8 rings (SSSR count). The van der Waals surface area contributed by atoms with Crippen molar-refractivity contribution in [2.24, 2.45) is 0 Å². The molecule has 0 bridgehead atoms. The molecule has 6 aromatic carbocycles. The first-order valence-electron chi connectivity index (χ1n) is 21.0. The molecule has 6 aromatic rings. The number of amides is 4.